The summed E-state index contributed by atoms with van der Waals surface area (Å²) < 4.78 is 5.56. The molecule has 0 N–H and O–H groups in total. The van der Waals surface area contributed by atoms with E-state index in [9.17, 15) is 0 Å². The fourth-order valence-corrected chi connectivity index (χ4v) is 1.85. The fraction of sp³-hybridized carbons (Fsp3) is 0.364. The molecule has 1 aromatic rings. The van der Waals surface area contributed by atoms with Crippen molar-refractivity contribution in [3.05, 3.63) is 23.2 Å². The highest BCUT2D eigenvalue weighted by atomic mass is 35.5. The lowest BCUT2D eigenvalue weighted by atomic mass is 10.1. The minimum absolute atomic E-state index is 0.112. The average molecular weight is 223 g/mol. The van der Waals surface area contributed by atoms with Crippen LogP contribution in [0.4, 0.5) is 5.69 Å². The molecule has 0 bridgehead atoms. The SMILES string of the molecule is CN1c2cc(Cl)ccc2OCC1CC#N. The molecule has 1 atom stereocenters. The number of fused-ring (bicyclic) bond motifs is 1. The van der Waals surface area contributed by atoms with E-state index in [2.05, 4.69) is 6.07 Å². The van der Waals surface area contributed by atoms with Gasteiger partial charge in [0.1, 0.15) is 12.4 Å². The van der Waals surface area contributed by atoms with E-state index in [1.54, 1.807) is 6.07 Å². The van der Waals surface area contributed by atoms with Crippen LogP contribution in [0.2, 0.25) is 5.02 Å². The van der Waals surface area contributed by atoms with E-state index >= 15 is 0 Å². The monoisotopic (exact) mass is 222 g/mol. The molecule has 15 heavy (non-hydrogen) atoms. The Morgan fingerprint density at radius 3 is 3.20 bits per heavy atom. The molecule has 0 fully saturated rings. The van der Waals surface area contributed by atoms with Gasteiger partial charge in [-0.2, -0.15) is 5.26 Å². The molecule has 3 nitrogen and oxygen atoms in total. The summed E-state index contributed by atoms with van der Waals surface area (Å²) in [4.78, 5) is 2.05. The first-order valence-electron chi connectivity index (χ1n) is 4.74. The van der Waals surface area contributed by atoms with Crippen molar-refractivity contribution < 1.29 is 4.74 Å². The maximum absolute atomic E-state index is 8.68. The van der Waals surface area contributed by atoms with E-state index in [0.717, 1.165) is 11.4 Å². The molecule has 0 spiro atoms. The topological polar surface area (TPSA) is 36.3 Å². The average Bonchev–Trinajstić information content (AvgIpc) is 2.23. The zero-order valence-electron chi connectivity index (χ0n) is 8.40. The molecular formula is C11H11ClN2O. The molecule has 78 valence electrons. The molecule has 0 radical (unpaired) electrons. The van der Waals surface area contributed by atoms with Gasteiger partial charge < -0.3 is 9.64 Å². The first-order valence-corrected chi connectivity index (χ1v) is 5.12. The van der Waals surface area contributed by atoms with Crippen molar-refractivity contribution in [1.29, 1.82) is 5.26 Å². The van der Waals surface area contributed by atoms with E-state index in [0.29, 0.717) is 18.1 Å². The van der Waals surface area contributed by atoms with Gasteiger partial charge in [-0.3, -0.25) is 0 Å². The van der Waals surface area contributed by atoms with Crippen molar-refractivity contribution >= 4 is 17.3 Å². The Bertz CT molecular complexity index is 414. The Hall–Kier alpha value is -1.40. The van der Waals surface area contributed by atoms with Crippen molar-refractivity contribution in [2.75, 3.05) is 18.6 Å². The highest BCUT2D eigenvalue weighted by Gasteiger charge is 2.24. The second-order valence-corrected chi connectivity index (χ2v) is 3.99. The van der Waals surface area contributed by atoms with Crippen LogP contribution in [-0.2, 0) is 0 Å². The van der Waals surface area contributed by atoms with E-state index < -0.39 is 0 Å². The van der Waals surface area contributed by atoms with Gasteiger partial charge in [0.25, 0.3) is 0 Å². The number of ether oxygens (including phenoxy) is 1. The second-order valence-electron chi connectivity index (χ2n) is 3.55. The van der Waals surface area contributed by atoms with Crippen LogP contribution < -0.4 is 9.64 Å². The van der Waals surface area contributed by atoms with Crippen molar-refractivity contribution in [2.45, 2.75) is 12.5 Å². The Balaban J connectivity index is 2.32. The smallest absolute Gasteiger partial charge is 0.142 e. The van der Waals surface area contributed by atoms with Gasteiger partial charge in [-0.1, -0.05) is 11.6 Å². The van der Waals surface area contributed by atoms with Gasteiger partial charge >= 0.3 is 0 Å². The molecule has 1 unspecified atom stereocenters. The van der Waals surface area contributed by atoms with Crippen LogP contribution in [0.1, 0.15) is 6.42 Å². The van der Waals surface area contributed by atoms with Gasteiger partial charge in [0, 0.05) is 12.1 Å². The summed E-state index contributed by atoms with van der Waals surface area (Å²) >= 11 is 5.92. The highest BCUT2D eigenvalue weighted by molar-refractivity contribution is 6.30. The lowest BCUT2D eigenvalue weighted by molar-refractivity contribution is 0.268. The number of benzene rings is 1. The Labute approximate surface area is 93.8 Å². The number of rotatable bonds is 1. The van der Waals surface area contributed by atoms with Crippen molar-refractivity contribution in [3.63, 3.8) is 0 Å². The molecule has 0 aromatic heterocycles. The lowest BCUT2D eigenvalue weighted by Crippen LogP contribution is -2.40. The summed E-state index contributed by atoms with van der Waals surface area (Å²) in [7, 11) is 1.96. The van der Waals surface area contributed by atoms with Gasteiger partial charge in [-0.25, -0.2) is 0 Å². The number of nitrogens with zero attached hydrogens (tertiary/aromatic N) is 2. The fourth-order valence-electron chi connectivity index (χ4n) is 1.68. The molecular weight excluding hydrogens is 212 g/mol. The lowest BCUT2D eigenvalue weighted by Gasteiger charge is -2.34. The maximum atomic E-state index is 8.68. The van der Waals surface area contributed by atoms with Gasteiger partial charge in [-0.15, -0.1) is 0 Å². The standard InChI is InChI=1S/C11H11ClN2O/c1-14-9(4-5-13)7-15-11-3-2-8(12)6-10(11)14/h2-3,6,9H,4,7H2,1H3. The number of anilines is 1. The van der Waals surface area contributed by atoms with Crippen molar-refractivity contribution in [3.8, 4) is 11.8 Å². The van der Waals surface area contributed by atoms with Gasteiger partial charge in [0.2, 0.25) is 0 Å². The van der Waals surface area contributed by atoms with Gasteiger partial charge in [-0.05, 0) is 18.2 Å². The van der Waals surface area contributed by atoms with Crippen molar-refractivity contribution in [1.82, 2.24) is 0 Å². The van der Waals surface area contributed by atoms with E-state index in [1.807, 2.05) is 24.1 Å². The Morgan fingerprint density at radius 1 is 1.67 bits per heavy atom. The van der Waals surface area contributed by atoms with Crippen LogP contribution in [0.5, 0.6) is 5.75 Å². The van der Waals surface area contributed by atoms with Crippen LogP contribution in [0.25, 0.3) is 0 Å². The normalized spacial score (nSPS) is 19.0. The summed E-state index contributed by atoms with van der Waals surface area (Å²) in [5.74, 6) is 0.830. The molecule has 1 aromatic carbocycles. The number of hydrogen-bond acceptors (Lipinski definition) is 3. The third kappa shape index (κ3) is 1.86. The molecule has 4 heteroatoms. The number of likely N-dealkylation sites (N-methyl/N-ethyl adjacent to an activating group) is 1. The summed E-state index contributed by atoms with van der Waals surface area (Å²) in [6.07, 6.45) is 0.461. The minimum atomic E-state index is 0.112. The zero-order chi connectivity index (χ0) is 10.8. The number of nitriles is 1. The number of hydrogen-bond donors (Lipinski definition) is 0. The molecule has 1 heterocycles. The summed E-state index contributed by atoms with van der Waals surface area (Å²) in [5.41, 5.74) is 0.953. The van der Waals surface area contributed by atoms with E-state index in [4.69, 9.17) is 21.6 Å². The summed E-state index contributed by atoms with van der Waals surface area (Å²) in [6.45, 7) is 0.554. The molecule has 0 saturated heterocycles. The van der Waals surface area contributed by atoms with Gasteiger partial charge in [0.15, 0.2) is 0 Å². The molecule has 1 aliphatic rings. The number of halogens is 1. The summed E-state index contributed by atoms with van der Waals surface area (Å²) in [5, 5.41) is 9.36. The van der Waals surface area contributed by atoms with Crippen LogP contribution in [0, 0.1) is 11.3 Å². The minimum Gasteiger partial charge on any atom is -0.489 e. The van der Waals surface area contributed by atoms with Crippen LogP contribution in [-0.4, -0.2) is 19.7 Å². The molecule has 0 amide bonds. The van der Waals surface area contributed by atoms with Crippen LogP contribution >= 0.6 is 11.6 Å². The highest BCUT2D eigenvalue weighted by Crippen LogP contribution is 2.35. The van der Waals surface area contributed by atoms with Gasteiger partial charge in [0.05, 0.1) is 24.2 Å². The quantitative estimate of drug-likeness (QED) is 0.732. The Morgan fingerprint density at radius 2 is 2.47 bits per heavy atom. The molecule has 0 saturated carbocycles. The second kappa shape index (κ2) is 4.00. The first kappa shape index (κ1) is 10.1. The maximum Gasteiger partial charge on any atom is 0.142 e. The molecule has 2 rings (SSSR count). The molecule has 1 aliphatic heterocycles. The largest absolute Gasteiger partial charge is 0.489 e. The third-order valence-corrected chi connectivity index (χ3v) is 2.84. The van der Waals surface area contributed by atoms with Crippen LogP contribution in [0.3, 0.4) is 0 Å². The third-order valence-electron chi connectivity index (χ3n) is 2.61. The Kier molecular flexibility index (Phi) is 2.70. The summed E-state index contributed by atoms with van der Waals surface area (Å²) in [6, 6.07) is 7.79. The first-order chi connectivity index (χ1) is 7.22. The zero-order valence-corrected chi connectivity index (χ0v) is 9.16. The predicted octanol–water partition coefficient (Wildman–Crippen LogP) is 2.45. The molecule has 0 aliphatic carbocycles. The van der Waals surface area contributed by atoms with Crippen LogP contribution in [0.15, 0.2) is 18.2 Å². The van der Waals surface area contributed by atoms with E-state index in [-0.39, 0.29) is 6.04 Å². The predicted molar refractivity (Wildman–Crippen MR) is 59.4 cm³/mol. The van der Waals surface area contributed by atoms with E-state index in [1.165, 1.54) is 0 Å². The van der Waals surface area contributed by atoms with Crippen molar-refractivity contribution in [2.24, 2.45) is 0 Å².